The maximum Gasteiger partial charge on any atom is 0.266 e. The SMILES string of the molecule is CCN1C(=O)/C(=C\c2ccc(C#N)cc2)SC1=Nc1ccc(OC)cc1. The monoisotopic (exact) mass is 363 g/mol. The van der Waals surface area contributed by atoms with E-state index in [1.807, 2.05) is 49.4 Å². The van der Waals surface area contributed by atoms with Crippen molar-refractivity contribution in [2.75, 3.05) is 13.7 Å². The lowest BCUT2D eigenvalue weighted by atomic mass is 10.1. The molecule has 0 N–H and O–H groups in total. The first-order valence-corrected chi connectivity index (χ1v) is 8.90. The van der Waals surface area contributed by atoms with Crippen LogP contribution in [0.4, 0.5) is 5.69 Å². The summed E-state index contributed by atoms with van der Waals surface area (Å²) in [6.45, 7) is 2.47. The molecular weight excluding hydrogens is 346 g/mol. The van der Waals surface area contributed by atoms with Crippen molar-refractivity contribution < 1.29 is 9.53 Å². The highest BCUT2D eigenvalue weighted by Crippen LogP contribution is 2.34. The van der Waals surface area contributed by atoms with Crippen molar-refractivity contribution >= 4 is 34.6 Å². The van der Waals surface area contributed by atoms with Crippen LogP contribution in [-0.4, -0.2) is 29.6 Å². The minimum absolute atomic E-state index is 0.0610. The Balaban J connectivity index is 1.88. The number of carbonyl (C=O) groups is 1. The van der Waals surface area contributed by atoms with Gasteiger partial charge in [-0.25, -0.2) is 4.99 Å². The molecule has 0 atom stereocenters. The van der Waals surface area contributed by atoms with Crippen molar-refractivity contribution in [2.45, 2.75) is 6.92 Å². The summed E-state index contributed by atoms with van der Waals surface area (Å²) < 4.78 is 5.15. The van der Waals surface area contributed by atoms with E-state index in [0.29, 0.717) is 22.2 Å². The normalized spacial score (nSPS) is 17.0. The van der Waals surface area contributed by atoms with Crippen molar-refractivity contribution in [3.63, 3.8) is 0 Å². The molecule has 0 radical (unpaired) electrons. The van der Waals surface area contributed by atoms with Crippen molar-refractivity contribution in [1.29, 1.82) is 5.26 Å². The smallest absolute Gasteiger partial charge is 0.266 e. The van der Waals surface area contributed by atoms with Gasteiger partial charge in [0.05, 0.1) is 29.3 Å². The van der Waals surface area contributed by atoms with Gasteiger partial charge < -0.3 is 4.74 Å². The molecule has 26 heavy (non-hydrogen) atoms. The van der Waals surface area contributed by atoms with E-state index in [1.54, 1.807) is 24.1 Å². The van der Waals surface area contributed by atoms with E-state index in [9.17, 15) is 4.79 Å². The molecule has 3 rings (SSSR count). The molecule has 1 fully saturated rings. The van der Waals surface area contributed by atoms with E-state index in [2.05, 4.69) is 11.1 Å². The number of ether oxygens (including phenoxy) is 1. The molecule has 5 nitrogen and oxygen atoms in total. The second kappa shape index (κ2) is 7.89. The number of methoxy groups -OCH3 is 1. The number of carbonyl (C=O) groups excluding carboxylic acids is 1. The largest absolute Gasteiger partial charge is 0.497 e. The van der Waals surface area contributed by atoms with E-state index in [1.165, 1.54) is 11.8 Å². The Bertz CT molecular complexity index is 910. The Kier molecular flexibility index (Phi) is 5.40. The molecule has 1 saturated heterocycles. The van der Waals surface area contributed by atoms with Crippen LogP contribution in [0, 0.1) is 11.3 Å². The number of likely N-dealkylation sites (N-methyl/N-ethyl adjacent to an activating group) is 1. The average Bonchev–Trinajstić information content (AvgIpc) is 2.97. The fourth-order valence-electron chi connectivity index (χ4n) is 2.44. The van der Waals surface area contributed by atoms with Gasteiger partial charge in [-0.05, 0) is 66.7 Å². The number of amides is 1. The maximum absolute atomic E-state index is 12.6. The minimum Gasteiger partial charge on any atom is -0.497 e. The summed E-state index contributed by atoms with van der Waals surface area (Å²) in [4.78, 5) is 19.5. The van der Waals surface area contributed by atoms with Crippen LogP contribution in [0.1, 0.15) is 18.1 Å². The van der Waals surface area contributed by atoms with Gasteiger partial charge in [-0.2, -0.15) is 5.26 Å². The van der Waals surface area contributed by atoms with Crippen molar-refractivity contribution in [2.24, 2.45) is 4.99 Å². The van der Waals surface area contributed by atoms with E-state index in [-0.39, 0.29) is 5.91 Å². The summed E-state index contributed by atoms with van der Waals surface area (Å²) in [5.74, 6) is 0.701. The molecule has 0 unspecified atom stereocenters. The Hall–Kier alpha value is -3.04. The number of nitriles is 1. The predicted octanol–water partition coefficient (Wildman–Crippen LogP) is 4.19. The highest BCUT2D eigenvalue weighted by molar-refractivity contribution is 8.18. The molecule has 1 amide bonds. The summed E-state index contributed by atoms with van der Waals surface area (Å²) >= 11 is 1.35. The Labute approximate surface area is 156 Å². The number of amidine groups is 1. The highest BCUT2D eigenvalue weighted by atomic mass is 32.2. The number of aliphatic imine (C=N–C) groups is 1. The molecular formula is C20H17N3O2S. The first-order chi connectivity index (χ1) is 12.6. The maximum atomic E-state index is 12.6. The number of thioether (sulfide) groups is 1. The van der Waals surface area contributed by atoms with Gasteiger partial charge in [0, 0.05) is 6.54 Å². The minimum atomic E-state index is -0.0610. The molecule has 0 aliphatic carbocycles. The molecule has 0 bridgehead atoms. The Morgan fingerprint density at radius 1 is 1.19 bits per heavy atom. The summed E-state index contributed by atoms with van der Waals surface area (Å²) in [5.41, 5.74) is 2.23. The Morgan fingerprint density at radius 2 is 1.88 bits per heavy atom. The van der Waals surface area contributed by atoms with Gasteiger partial charge in [0.1, 0.15) is 5.75 Å². The summed E-state index contributed by atoms with van der Waals surface area (Å²) in [6.07, 6.45) is 1.83. The van der Waals surface area contributed by atoms with E-state index in [4.69, 9.17) is 10.00 Å². The first kappa shape index (κ1) is 17.8. The quantitative estimate of drug-likeness (QED) is 0.764. The molecule has 1 heterocycles. The van der Waals surface area contributed by atoms with Crippen LogP contribution in [0.5, 0.6) is 5.75 Å². The van der Waals surface area contributed by atoms with Crippen molar-refractivity contribution in [1.82, 2.24) is 4.90 Å². The number of nitrogens with zero attached hydrogens (tertiary/aromatic N) is 3. The zero-order valence-corrected chi connectivity index (χ0v) is 15.3. The fourth-order valence-corrected chi connectivity index (χ4v) is 3.51. The lowest BCUT2D eigenvalue weighted by Crippen LogP contribution is -2.28. The van der Waals surface area contributed by atoms with Crippen LogP contribution < -0.4 is 4.74 Å². The van der Waals surface area contributed by atoms with E-state index < -0.39 is 0 Å². The van der Waals surface area contributed by atoms with Crippen molar-refractivity contribution in [3.05, 3.63) is 64.6 Å². The zero-order chi connectivity index (χ0) is 18.5. The lowest BCUT2D eigenvalue weighted by Gasteiger charge is -2.12. The third kappa shape index (κ3) is 3.79. The lowest BCUT2D eigenvalue weighted by molar-refractivity contribution is -0.122. The average molecular weight is 363 g/mol. The molecule has 1 aliphatic rings. The van der Waals surface area contributed by atoms with Gasteiger partial charge in [-0.15, -0.1) is 0 Å². The van der Waals surface area contributed by atoms with Crippen LogP contribution >= 0.6 is 11.8 Å². The third-order valence-corrected chi connectivity index (χ3v) is 4.85. The van der Waals surface area contributed by atoms with Crippen LogP contribution in [0.3, 0.4) is 0 Å². The van der Waals surface area contributed by atoms with Gasteiger partial charge in [-0.1, -0.05) is 12.1 Å². The first-order valence-electron chi connectivity index (χ1n) is 8.09. The topological polar surface area (TPSA) is 65.7 Å². The van der Waals surface area contributed by atoms with Gasteiger partial charge in [0.25, 0.3) is 5.91 Å². The highest BCUT2D eigenvalue weighted by Gasteiger charge is 2.32. The Morgan fingerprint density at radius 3 is 2.46 bits per heavy atom. The molecule has 2 aromatic carbocycles. The van der Waals surface area contributed by atoms with E-state index in [0.717, 1.165) is 17.0 Å². The second-order valence-corrected chi connectivity index (χ2v) is 6.50. The molecule has 0 spiro atoms. The summed E-state index contributed by atoms with van der Waals surface area (Å²) in [6, 6.07) is 16.6. The van der Waals surface area contributed by atoms with Crippen LogP contribution in [-0.2, 0) is 4.79 Å². The molecule has 1 aliphatic heterocycles. The third-order valence-electron chi connectivity index (χ3n) is 3.84. The van der Waals surface area contributed by atoms with Gasteiger partial charge in [0.2, 0.25) is 0 Å². The standard InChI is InChI=1S/C20H17N3O2S/c1-3-23-19(24)18(12-14-4-6-15(13-21)7-5-14)26-20(23)22-16-8-10-17(25-2)11-9-16/h4-12H,3H2,1-2H3/b18-12+,22-20?. The summed E-state index contributed by atoms with van der Waals surface area (Å²) in [5, 5.41) is 9.53. The molecule has 6 heteroatoms. The molecule has 2 aromatic rings. The van der Waals surface area contributed by atoms with Crippen molar-refractivity contribution in [3.8, 4) is 11.8 Å². The number of hydrogen-bond donors (Lipinski definition) is 0. The molecule has 130 valence electrons. The summed E-state index contributed by atoms with van der Waals surface area (Å²) in [7, 11) is 1.62. The van der Waals surface area contributed by atoms with Gasteiger partial charge in [0.15, 0.2) is 5.17 Å². The fraction of sp³-hybridized carbons (Fsp3) is 0.150. The second-order valence-electron chi connectivity index (χ2n) is 5.49. The van der Waals surface area contributed by atoms with Gasteiger partial charge in [-0.3, -0.25) is 9.69 Å². The number of hydrogen-bond acceptors (Lipinski definition) is 5. The van der Waals surface area contributed by atoms with E-state index >= 15 is 0 Å². The van der Waals surface area contributed by atoms with Crippen LogP contribution in [0.2, 0.25) is 0 Å². The van der Waals surface area contributed by atoms with Gasteiger partial charge >= 0.3 is 0 Å². The number of benzene rings is 2. The molecule has 0 saturated carbocycles. The predicted molar refractivity (Wildman–Crippen MR) is 104 cm³/mol. The molecule has 0 aromatic heterocycles. The van der Waals surface area contributed by atoms with Crippen LogP contribution in [0.15, 0.2) is 58.4 Å². The number of rotatable bonds is 4. The zero-order valence-electron chi connectivity index (χ0n) is 14.5. The van der Waals surface area contributed by atoms with Crippen LogP contribution in [0.25, 0.3) is 6.08 Å².